The molecule has 0 spiro atoms. The van der Waals surface area contributed by atoms with Crippen molar-refractivity contribution in [3.8, 4) is 0 Å². The van der Waals surface area contributed by atoms with E-state index in [0.717, 1.165) is 19.4 Å². The average Bonchev–Trinajstić information content (AvgIpc) is 2.85. The lowest BCUT2D eigenvalue weighted by Crippen LogP contribution is -2.57. The minimum absolute atomic E-state index is 0.137. The number of nitrogens with zero attached hydrogens (tertiary/aromatic N) is 3. The van der Waals surface area contributed by atoms with Crippen molar-refractivity contribution >= 4 is 0 Å². The van der Waals surface area contributed by atoms with Crippen LogP contribution < -0.4 is 5.32 Å². The van der Waals surface area contributed by atoms with Crippen molar-refractivity contribution in [3.05, 3.63) is 18.0 Å². The highest BCUT2D eigenvalue weighted by atomic mass is 15.3. The van der Waals surface area contributed by atoms with Crippen molar-refractivity contribution in [2.45, 2.75) is 65.1 Å². The number of likely N-dealkylation sites (N-methyl/N-ethyl adjacent to an activating group) is 2. The summed E-state index contributed by atoms with van der Waals surface area (Å²) in [5.74, 6) is 0. The van der Waals surface area contributed by atoms with Gasteiger partial charge in [-0.05, 0) is 53.9 Å². The van der Waals surface area contributed by atoms with Crippen molar-refractivity contribution in [1.29, 1.82) is 0 Å². The van der Waals surface area contributed by atoms with Gasteiger partial charge in [0.15, 0.2) is 0 Å². The predicted octanol–water partition coefficient (Wildman–Crippen LogP) is 2.71. The fourth-order valence-electron chi connectivity index (χ4n) is 2.62. The number of rotatable bonds is 8. The third kappa shape index (κ3) is 3.83. The second kappa shape index (κ2) is 7.23. The van der Waals surface area contributed by atoms with Crippen LogP contribution >= 0.6 is 0 Å². The normalized spacial score (nSPS) is 16.6. The standard InChI is InChI=1S/C16H32N4/c1-8-16(5,19(6)7)15(17-9-2)12-14-10-11-20(18-14)13(3)4/h10-11,13,15,17H,8-9,12H2,1-7H3. The second-order valence-electron chi connectivity index (χ2n) is 6.30. The minimum Gasteiger partial charge on any atom is -0.312 e. The van der Waals surface area contributed by atoms with Gasteiger partial charge in [-0.2, -0.15) is 5.10 Å². The van der Waals surface area contributed by atoms with E-state index in [0.29, 0.717) is 12.1 Å². The molecular weight excluding hydrogens is 248 g/mol. The maximum absolute atomic E-state index is 4.70. The fraction of sp³-hybridized carbons (Fsp3) is 0.812. The van der Waals surface area contributed by atoms with E-state index in [2.05, 4.69) is 71.2 Å². The smallest absolute Gasteiger partial charge is 0.0640 e. The highest BCUT2D eigenvalue weighted by molar-refractivity contribution is 5.07. The Morgan fingerprint density at radius 3 is 2.40 bits per heavy atom. The van der Waals surface area contributed by atoms with E-state index in [4.69, 9.17) is 5.10 Å². The third-order valence-electron chi connectivity index (χ3n) is 4.54. The van der Waals surface area contributed by atoms with E-state index in [-0.39, 0.29) is 5.54 Å². The van der Waals surface area contributed by atoms with Gasteiger partial charge in [0.25, 0.3) is 0 Å². The van der Waals surface area contributed by atoms with Crippen molar-refractivity contribution in [2.75, 3.05) is 20.6 Å². The predicted molar refractivity (Wildman–Crippen MR) is 86.2 cm³/mol. The molecule has 0 saturated carbocycles. The van der Waals surface area contributed by atoms with Gasteiger partial charge in [0.2, 0.25) is 0 Å². The highest BCUT2D eigenvalue weighted by Crippen LogP contribution is 2.23. The number of hydrogen-bond acceptors (Lipinski definition) is 3. The molecule has 1 heterocycles. The first-order valence-corrected chi connectivity index (χ1v) is 7.80. The SMILES string of the molecule is CCNC(Cc1ccn(C(C)C)n1)C(C)(CC)N(C)C. The minimum atomic E-state index is 0.137. The molecule has 2 atom stereocenters. The molecule has 0 saturated heterocycles. The summed E-state index contributed by atoms with van der Waals surface area (Å²) in [6, 6.07) is 2.98. The van der Waals surface area contributed by atoms with Crippen molar-refractivity contribution in [3.63, 3.8) is 0 Å². The summed E-state index contributed by atoms with van der Waals surface area (Å²) in [6.45, 7) is 12.1. The zero-order valence-electron chi connectivity index (χ0n) is 14.3. The molecule has 0 aliphatic rings. The van der Waals surface area contributed by atoms with Gasteiger partial charge in [-0.3, -0.25) is 4.68 Å². The van der Waals surface area contributed by atoms with E-state index in [1.165, 1.54) is 5.69 Å². The zero-order chi connectivity index (χ0) is 15.3. The lowest BCUT2D eigenvalue weighted by Gasteiger charge is -2.43. The molecule has 0 bridgehead atoms. The molecule has 1 aromatic rings. The lowest BCUT2D eigenvalue weighted by atomic mass is 9.85. The highest BCUT2D eigenvalue weighted by Gasteiger charge is 2.34. The van der Waals surface area contributed by atoms with Gasteiger partial charge in [-0.1, -0.05) is 13.8 Å². The molecule has 0 aliphatic carbocycles. The van der Waals surface area contributed by atoms with E-state index in [9.17, 15) is 0 Å². The van der Waals surface area contributed by atoms with Crippen LogP contribution in [0.4, 0.5) is 0 Å². The molecule has 1 aromatic heterocycles. The summed E-state index contributed by atoms with van der Waals surface area (Å²) in [4.78, 5) is 2.33. The Bertz CT molecular complexity index is 397. The van der Waals surface area contributed by atoms with Gasteiger partial charge in [-0.25, -0.2) is 0 Å². The van der Waals surface area contributed by atoms with Crippen LogP contribution in [0.3, 0.4) is 0 Å². The second-order valence-corrected chi connectivity index (χ2v) is 6.30. The topological polar surface area (TPSA) is 33.1 Å². The van der Waals surface area contributed by atoms with Crippen LogP contribution in [0, 0.1) is 0 Å². The Balaban J connectivity index is 2.90. The van der Waals surface area contributed by atoms with Crippen LogP contribution in [-0.4, -0.2) is 46.9 Å². The molecule has 4 nitrogen and oxygen atoms in total. The summed E-state index contributed by atoms with van der Waals surface area (Å²) in [6.07, 6.45) is 4.17. The number of nitrogens with one attached hydrogen (secondary N) is 1. The molecule has 0 amide bonds. The monoisotopic (exact) mass is 280 g/mol. The quantitative estimate of drug-likeness (QED) is 0.795. The fourth-order valence-corrected chi connectivity index (χ4v) is 2.62. The lowest BCUT2D eigenvalue weighted by molar-refractivity contribution is 0.112. The molecule has 2 unspecified atom stereocenters. The van der Waals surface area contributed by atoms with Crippen LogP contribution in [0.15, 0.2) is 12.3 Å². The van der Waals surface area contributed by atoms with E-state index in [1.54, 1.807) is 0 Å². The van der Waals surface area contributed by atoms with Crippen molar-refractivity contribution < 1.29 is 0 Å². The first-order valence-electron chi connectivity index (χ1n) is 7.80. The summed E-state index contributed by atoms with van der Waals surface area (Å²) < 4.78 is 2.04. The Morgan fingerprint density at radius 1 is 1.35 bits per heavy atom. The molecule has 20 heavy (non-hydrogen) atoms. The van der Waals surface area contributed by atoms with Gasteiger partial charge in [0.05, 0.1) is 5.69 Å². The molecular formula is C16H32N4. The summed E-state index contributed by atoms with van der Waals surface area (Å²) >= 11 is 0. The molecule has 116 valence electrons. The molecule has 0 aliphatic heterocycles. The van der Waals surface area contributed by atoms with E-state index in [1.807, 2.05) is 4.68 Å². The summed E-state index contributed by atoms with van der Waals surface area (Å²) in [5.41, 5.74) is 1.31. The molecule has 1 rings (SSSR count). The Hall–Kier alpha value is -0.870. The van der Waals surface area contributed by atoms with Gasteiger partial charge < -0.3 is 10.2 Å². The van der Waals surface area contributed by atoms with Crippen molar-refractivity contribution in [1.82, 2.24) is 20.0 Å². The maximum Gasteiger partial charge on any atom is 0.0640 e. The van der Waals surface area contributed by atoms with Crippen LogP contribution in [-0.2, 0) is 6.42 Å². The Labute approximate surface area is 124 Å². The van der Waals surface area contributed by atoms with Crippen LogP contribution in [0.5, 0.6) is 0 Å². The largest absolute Gasteiger partial charge is 0.312 e. The molecule has 0 radical (unpaired) electrons. The van der Waals surface area contributed by atoms with Gasteiger partial charge in [0, 0.05) is 30.2 Å². The molecule has 1 N–H and O–H groups in total. The molecule has 0 fully saturated rings. The Morgan fingerprint density at radius 2 is 2.00 bits per heavy atom. The summed E-state index contributed by atoms with van der Waals surface area (Å²) in [5, 5.41) is 8.35. The summed E-state index contributed by atoms with van der Waals surface area (Å²) in [7, 11) is 4.33. The average molecular weight is 280 g/mol. The molecule has 4 heteroatoms. The Kier molecular flexibility index (Phi) is 6.21. The number of hydrogen-bond donors (Lipinski definition) is 1. The third-order valence-corrected chi connectivity index (χ3v) is 4.54. The van der Waals surface area contributed by atoms with Crippen LogP contribution in [0.1, 0.15) is 52.8 Å². The molecule has 0 aromatic carbocycles. The maximum atomic E-state index is 4.70. The first-order chi connectivity index (χ1) is 9.35. The van der Waals surface area contributed by atoms with Crippen LogP contribution in [0.25, 0.3) is 0 Å². The zero-order valence-corrected chi connectivity index (χ0v) is 14.3. The van der Waals surface area contributed by atoms with Crippen molar-refractivity contribution in [2.24, 2.45) is 0 Å². The first kappa shape index (κ1) is 17.2. The van der Waals surface area contributed by atoms with E-state index >= 15 is 0 Å². The van der Waals surface area contributed by atoms with Gasteiger partial charge >= 0.3 is 0 Å². The van der Waals surface area contributed by atoms with Gasteiger partial charge in [-0.15, -0.1) is 0 Å². The van der Waals surface area contributed by atoms with E-state index < -0.39 is 0 Å². The van der Waals surface area contributed by atoms with Gasteiger partial charge in [0.1, 0.15) is 0 Å². The van der Waals surface area contributed by atoms with Crippen LogP contribution in [0.2, 0.25) is 0 Å². The number of aromatic nitrogens is 2.